The average Bonchev–Trinajstić information content (AvgIpc) is 2.84. The Hall–Kier alpha value is -4.31. The van der Waals surface area contributed by atoms with Crippen LogP contribution in [0, 0.1) is 11.3 Å². The number of nitriles is 1. The Morgan fingerprint density at radius 2 is 1.76 bits per heavy atom. The molecule has 0 atom stereocenters. The molecule has 3 aromatic carbocycles. The molecule has 0 aliphatic carbocycles. The van der Waals surface area contributed by atoms with E-state index in [4.69, 9.17) is 9.47 Å². The molecule has 0 aliphatic heterocycles. The number of carbonyl (C=O) groups excluding carboxylic acids is 2. The normalized spacial score (nSPS) is 10.3. The standard InChI is InChI=1S/C27H27N3O4/c1-19(2)34-25-12-10-23(11-13-25)29-26(31)18-30(24-9-5-6-20(15-24)16-28)17-21-7-4-8-22(14-21)27(32)33-3/h4-15,19H,17-18H2,1-3H3,(H,29,31). The van der Waals surface area contributed by atoms with E-state index in [0.717, 1.165) is 17.0 Å². The van der Waals surface area contributed by atoms with Gasteiger partial charge in [0.25, 0.3) is 0 Å². The number of ether oxygens (including phenoxy) is 2. The Morgan fingerprint density at radius 1 is 1.03 bits per heavy atom. The van der Waals surface area contributed by atoms with Gasteiger partial charge in [-0.1, -0.05) is 18.2 Å². The molecule has 34 heavy (non-hydrogen) atoms. The van der Waals surface area contributed by atoms with Gasteiger partial charge < -0.3 is 19.7 Å². The van der Waals surface area contributed by atoms with Gasteiger partial charge in [-0.05, 0) is 74.0 Å². The second-order valence-electron chi connectivity index (χ2n) is 7.95. The van der Waals surface area contributed by atoms with E-state index in [1.807, 2.05) is 43.0 Å². The number of amides is 1. The van der Waals surface area contributed by atoms with E-state index in [2.05, 4.69) is 11.4 Å². The van der Waals surface area contributed by atoms with Gasteiger partial charge in [-0.25, -0.2) is 4.79 Å². The van der Waals surface area contributed by atoms with Gasteiger partial charge in [0.05, 0.1) is 37.0 Å². The molecule has 0 aromatic heterocycles. The predicted molar refractivity (Wildman–Crippen MR) is 131 cm³/mol. The summed E-state index contributed by atoms with van der Waals surface area (Å²) in [7, 11) is 1.33. The first kappa shape index (κ1) is 24.3. The van der Waals surface area contributed by atoms with Crippen molar-refractivity contribution < 1.29 is 19.1 Å². The molecule has 0 heterocycles. The molecule has 0 unspecified atom stereocenters. The minimum absolute atomic E-state index is 0.0432. The van der Waals surface area contributed by atoms with Crippen LogP contribution in [-0.2, 0) is 16.1 Å². The van der Waals surface area contributed by atoms with Crippen molar-refractivity contribution in [3.8, 4) is 11.8 Å². The third-order valence-corrected chi connectivity index (χ3v) is 4.91. The van der Waals surface area contributed by atoms with Crippen LogP contribution in [0.1, 0.15) is 35.3 Å². The fourth-order valence-corrected chi connectivity index (χ4v) is 3.41. The van der Waals surface area contributed by atoms with Crippen LogP contribution in [0.2, 0.25) is 0 Å². The maximum atomic E-state index is 12.9. The molecule has 7 nitrogen and oxygen atoms in total. The Morgan fingerprint density at radius 3 is 2.44 bits per heavy atom. The third-order valence-electron chi connectivity index (χ3n) is 4.91. The van der Waals surface area contributed by atoms with Gasteiger partial charge in [-0.15, -0.1) is 0 Å². The predicted octanol–water partition coefficient (Wildman–Crippen LogP) is 4.78. The van der Waals surface area contributed by atoms with Crippen LogP contribution >= 0.6 is 0 Å². The molecule has 7 heteroatoms. The van der Waals surface area contributed by atoms with Crippen molar-refractivity contribution in [3.63, 3.8) is 0 Å². The number of nitrogens with zero attached hydrogens (tertiary/aromatic N) is 2. The van der Waals surface area contributed by atoms with E-state index in [0.29, 0.717) is 23.4 Å². The second-order valence-corrected chi connectivity index (χ2v) is 7.95. The molecule has 174 valence electrons. The first-order valence-corrected chi connectivity index (χ1v) is 10.9. The summed E-state index contributed by atoms with van der Waals surface area (Å²) in [6, 6.07) is 23.4. The van der Waals surface area contributed by atoms with E-state index in [-0.39, 0.29) is 18.6 Å². The summed E-state index contributed by atoms with van der Waals surface area (Å²) in [4.78, 5) is 26.7. The smallest absolute Gasteiger partial charge is 0.337 e. The van der Waals surface area contributed by atoms with Gasteiger partial charge in [0.2, 0.25) is 5.91 Å². The monoisotopic (exact) mass is 457 g/mol. The number of carbonyl (C=O) groups is 2. The first-order valence-electron chi connectivity index (χ1n) is 10.9. The maximum Gasteiger partial charge on any atom is 0.337 e. The van der Waals surface area contributed by atoms with Crippen LogP contribution in [0.3, 0.4) is 0 Å². The van der Waals surface area contributed by atoms with Gasteiger partial charge >= 0.3 is 5.97 Å². The lowest BCUT2D eigenvalue weighted by atomic mass is 10.1. The van der Waals surface area contributed by atoms with Crippen molar-refractivity contribution in [3.05, 3.63) is 89.5 Å². The topological polar surface area (TPSA) is 91.7 Å². The Labute approximate surface area is 199 Å². The summed E-state index contributed by atoms with van der Waals surface area (Å²) in [5.74, 6) is 0.0833. The Bertz CT molecular complexity index is 1180. The molecular formula is C27H27N3O4. The number of nitrogens with one attached hydrogen (secondary N) is 1. The second kappa shape index (κ2) is 11.5. The summed E-state index contributed by atoms with van der Waals surface area (Å²) in [6.07, 6.45) is 0.0656. The van der Waals surface area contributed by atoms with E-state index in [1.165, 1.54) is 7.11 Å². The number of hydrogen-bond acceptors (Lipinski definition) is 6. The van der Waals surface area contributed by atoms with Gasteiger partial charge in [0, 0.05) is 17.9 Å². The Balaban J connectivity index is 1.79. The molecule has 0 fully saturated rings. The zero-order valence-corrected chi connectivity index (χ0v) is 19.4. The highest BCUT2D eigenvalue weighted by Crippen LogP contribution is 2.21. The molecule has 1 amide bonds. The summed E-state index contributed by atoms with van der Waals surface area (Å²) >= 11 is 0. The fraction of sp³-hybridized carbons (Fsp3) is 0.222. The minimum atomic E-state index is -0.428. The van der Waals surface area contributed by atoms with Crippen LogP contribution in [-0.4, -0.2) is 31.6 Å². The van der Waals surface area contributed by atoms with Gasteiger partial charge in [-0.2, -0.15) is 5.26 Å². The number of esters is 1. The van der Waals surface area contributed by atoms with Gasteiger partial charge in [0.15, 0.2) is 0 Å². The SMILES string of the molecule is COC(=O)c1cccc(CN(CC(=O)Nc2ccc(OC(C)C)cc2)c2cccc(C#N)c2)c1. The lowest BCUT2D eigenvalue weighted by Gasteiger charge is -2.25. The van der Waals surface area contributed by atoms with Gasteiger partial charge in [0.1, 0.15) is 5.75 Å². The van der Waals surface area contributed by atoms with Crippen molar-refractivity contribution in [2.45, 2.75) is 26.5 Å². The first-order chi connectivity index (χ1) is 16.4. The quantitative estimate of drug-likeness (QED) is 0.465. The van der Waals surface area contributed by atoms with E-state index < -0.39 is 5.97 Å². The van der Waals surface area contributed by atoms with Crippen LogP contribution in [0.5, 0.6) is 5.75 Å². The molecule has 0 aliphatic rings. The van der Waals surface area contributed by atoms with E-state index >= 15 is 0 Å². The van der Waals surface area contributed by atoms with E-state index in [1.54, 1.807) is 48.5 Å². The highest BCUT2D eigenvalue weighted by Gasteiger charge is 2.15. The largest absolute Gasteiger partial charge is 0.491 e. The molecule has 3 aromatic rings. The molecule has 0 radical (unpaired) electrons. The summed E-state index contributed by atoms with van der Waals surface area (Å²) in [5, 5.41) is 12.2. The molecule has 0 saturated heterocycles. The number of rotatable bonds is 9. The van der Waals surface area contributed by atoms with Crippen molar-refractivity contribution in [1.82, 2.24) is 0 Å². The zero-order chi connectivity index (χ0) is 24.5. The minimum Gasteiger partial charge on any atom is -0.491 e. The fourth-order valence-electron chi connectivity index (χ4n) is 3.41. The number of methoxy groups -OCH3 is 1. The highest BCUT2D eigenvalue weighted by molar-refractivity contribution is 5.94. The number of benzene rings is 3. The Kier molecular flexibility index (Phi) is 8.25. The summed E-state index contributed by atoms with van der Waals surface area (Å²) in [6.45, 7) is 4.30. The summed E-state index contributed by atoms with van der Waals surface area (Å²) < 4.78 is 10.4. The molecular weight excluding hydrogens is 430 g/mol. The summed E-state index contributed by atoms with van der Waals surface area (Å²) in [5.41, 5.74) is 3.12. The molecule has 0 saturated carbocycles. The van der Waals surface area contributed by atoms with Crippen molar-refractivity contribution in [2.24, 2.45) is 0 Å². The zero-order valence-electron chi connectivity index (χ0n) is 19.4. The van der Waals surface area contributed by atoms with Crippen LogP contribution in [0.15, 0.2) is 72.8 Å². The average molecular weight is 458 g/mol. The van der Waals surface area contributed by atoms with Crippen molar-refractivity contribution >= 4 is 23.3 Å². The van der Waals surface area contributed by atoms with Gasteiger partial charge in [-0.3, -0.25) is 4.79 Å². The lowest BCUT2D eigenvalue weighted by molar-refractivity contribution is -0.115. The van der Waals surface area contributed by atoms with E-state index in [9.17, 15) is 14.9 Å². The lowest BCUT2D eigenvalue weighted by Crippen LogP contribution is -2.33. The molecule has 0 spiro atoms. The van der Waals surface area contributed by atoms with Crippen LogP contribution in [0.4, 0.5) is 11.4 Å². The maximum absolute atomic E-state index is 12.9. The molecule has 1 N–H and O–H groups in total. The number of hydrogen-bond donors (Lipinski definition) is 1. The molecule has 0 bridgehead atoms. The molecule has 3 rings (SSSR count). The van der Waals surface area contributed by atoms with Crippen molar-refractivity contribution in [1.29, 1.82) is 5.26 Å². The number of anilines is 2. The van der Waals surface area contributed by atoms with Crippen molar-refractivity contribution in [2.75, 3.05) is 23.9 Å². The third kappa shape index (κ3) is 6.84. The van der Waals surface area contributed by atoms with Crippen LogP contribution < -0.4 is 15.0 Å². The van der Waals surface area contributed by atoms with Crippen LogP contribution in [0.25, 0.3) is 0 Å². The highest BCUT2D eigenvalue weighted by atomic mass is 16.5.